The van der Waals surface area contributed by atoms with Crippen LogP contribution < -0.4 is 10.6 Å². The van der Waals surface area contributed by atoms with E-state index in [1.807, 2.05) is 45.0 Å². The van der Waals surface area contributed by atoms with E-state index >= 15 is 0 Å². The highest BCUT2D eigenvalue weighted by molar-refractivity contribution is 9.10. The number of hydrogen-bond acceptors (Lipinski definition) is 2. The standard InChI is InChI=1S/C15H23BrN2O2/c1-10(2)14(19)8-9-17-15(20)18-11(3)12-6-4-5-7-13(12)16/h4-7,10-11,14,19H,8-9H2,1-3H3,(H2,17,18,20). The van der Waals surface area contributed by atoms with E-state index in [0.29, 0.717) is 13.0 Å². The summed E-state index contributed by atoms with van der Waals surface area (Å²) in [4.78, 5) is 11.8. The van der Waals surface area contributed by atoms with Crippen LogP contribution in [0, 0.1) is 5.92 Å². The Morgan fingerprint density at radius 2 is 1.95 bits per heavy atom. The van der Waals surface area contributed by atoms with Gasteiger partial charge in [0.25, 0.3) is 0 Å². The molecule has 0 aliphatic carbocycles. The lowest BCUT2D eigenvalue weighted by molar-refractivity contribution is 0.116. The summed E-state index contributed by atoms with van der Waals surface area (Å²) >= 11 is 3.47. The van der Waals surface area contributed by atoms with Crippen molar-refractivity contribution in [2.75, 3.05) is 6.54 Å². The number of nitrogens with one attached hydrogen (secondary N) is 2. The lowest BCUT2D eigenvalue weighted by atomic mass is 10.0. The normalized spacial score (nSPS) is 13.9. The quantitative estimate of drug-likeness (QED) is 0.743. The number of urea groups is 1. The maximum atomic E-state index is 11.8. The maximum Gasteiger partial charge on any atom is 0.315 e. The van der Waals surface area contributed by atoms with E-state index in [1.54, 1.807) is 0 Å². The van der Waals surface area contributed by atoms with Crippen LogP contribution in [0.1, 0.15) is 38.8 Å². The van der Waals surface area contributed by atoms with Crippen molar-refractivity contribution in [2.24, 2.45) is 5.92 Å². The summed E-state index contributed by atoms with van der Waals surface area (Å²) in [5.41, 5.74) is 1.03. The zero-order valence-electron chi connectivity index (χ0n) is 12.2. The second-order valence-corrected chi connectivity index (χ2v) is 6.10. The van der Waals surface area contributed by atoms with E-state index in [1.165, 1.54) is 0 Å². The Bertz CT molecular complexity index is 438. The highest BCUT2D eigenvalue weighted by Gasteiger charge is 2.13. The molecular formula is C15H23BrN2O2. The molecule has 1 rings (SSSR count). The Kier molecular flexibility index (Phi) is 7.02. The molecule has 1 aromatic carbocycles. The first kappa shape index (κ1) is 17.0. The van der Waals surface area contributed by atoms with Crippen molar-refractivity contribution >= 4 is 22.0 Å². The van der Waals surface area contributed by atoms with Crippen LogP contribution in [-0.2, 0) is 0 Å². The number of aliphatic hydroxyl groups is 1. The van der Waals surface area contributed by atoms with E-state index in [2.05, 4.69) is 26.6 Å². The van der Waals surface area contributed by atoms with Gasteiger partial charge in [-0.05, 0) is 30.9 Å². The van der Waals surface area contributed by atoms with Crippen LogP contribution in [0.15, 0.2) is 28.7 Å². The van der Waals surface area contributed by atoms with Gasteiger partial charge in [0.2, 0.25) is 0 Å². The van der Waals surface area contributed by atoms with Gasteiger partial charge in [0.1, 0.15) is 0 Å². The number of benzene rings is 1. The van der Waals surface area contributed by atoms with Crippen molar-refractivity contribution in [3.8, 4) is 0 Å². The molecule has 0 aliphatic heterocycles. The van der Waals surface area contributed by atoms with Crippen molar-refractivity contribution in [1.82, 2.24) is 10.6 Å². The van der Waals surface area contributed by atoms with E-state index in [4.69, 9.17) is 0 Å². The van der Waals surface area contributed by atoms with Crippen molar-refractivity contribution < 1.29 is 9.90 Å². The Hall–Kier alpha value is -1.07. The number of halogens is 1. The molecule has 0 aromatic heterocycles. The Morgan fingerprint density at radius 1 is 1.30 bits per heavy atom. The summed E-state index contributed by atoms with van der Waals surface area (Å²) in [6.45, 7) is 6.32. The number of aliphatic hydroxyl groups excluding tert-OH is 1. The molecule has 112 valence electrons. The molecule has 0 heterocycles. The largest absolute Gasteiger partial charge is 0.393 e. The summed E-state index contributed by atoms with van der Waals surface area (Å²) in [5, 5.41) is 15.3. The second kappa shape index (κ2) is 8.27. The fourth-order valence-electron chi connectivity index (χ4n) is 1.82. The van der Waals surface area contributed by atoms with E-state index in [9.17, 15) is 9.90 Å². The third kappa shape index (κ3) is 5.51. The summed E-state index contributed by atoms with van der Waals surface area (Å²) < 4.78 is 0.975. The number of hydrogen-bond donors (Lipinski definition) is 3. The molecule has 5 heteroatoms. The number of carbonyl (C=O) groups excluding carboxylic acids is 1. The minimum atomic E-state index is -0.379. The lowest BCUT2D eigenvalue weighted by Gasteiger charge is -2.18. The molecule has 20 heavy (non-hydrogen) atoms. The average Bonchev–Trinajstić information content (AvgIpc) is 2.38. The molecule has 0 aliphatic rings. The monoisotopic (exact) mass is 342 g/mol. The van der Waals surface area contributed by atoms with Crippen LogP contribution in [0.3, 0.4) is 0 Å². The molecular weight excluding hydrogens is 320 g/mol. The molecule has 0 fully saturated rings. The summed E-state index contributed by atoms with van der Waals surface area (Å²) in [6.07, 6.45) is 0.185. The summed E-state index contributed by atoms with van der Waals surface area (Å²) in [6, 6.07) is 7.50. The SMILES string of the molecule is CC(NC(=O)NCCC(O)C(C)C)c1ccccc1Br. The van der Waals surface area contributed by atoms with E-state index in [-0.39, 0.29) is 24.1 Å². The van der Waals surface area contributed by atoms with Gasteiger partial charge in [-0.2, -0.15) is 0 Å². The molecule has 2 amide bonds. The Morgan fingerprint density at radius 3 is 2.55 bits per heavy atom. The number of carbonyl (C=O) groups is 1. The average molecular weight is 343 g/mol. The number of rotatable bonds is 6. The zero-order chi connectivity index (χ0) is 15.1. The van der Waals surface area contributed by atoms with Crippen molar-refractivity contribution in [3.63, 3.8) is 0 Å². The Labute approximate surface area is 129 Å². The van der Waals surface area contributed by atoms with Crippen LogP contribution in [-0.4, -0.2) is 23.8 Å². The summed E-state index contributed by atoms with van der Waals surface area (Å²) in [7, 11) is 0. The third-order valence-electron chi connectivity index (χ3n) is 3.21. The van der Waals surface area contributed by atoms with Crippen molar-refractivity contribution in [3.05, 3.63) is 34.3 Å². The fourth-order valence-corrected chi connectivity index (χ4v) is 2.45. The van der Waals surface area contributed by atoms with E-state index in [0.717, 1.165) is 10.0 Å². The lowest BCUT2D eigenvalue weighted by Crippen LogP contribution is -2.38. The van der Waals surface area contributed by atoms with Crippen LogP contribution >= 0.6 is 15.9 Å². The van der Waals surface area contributed by atoms with Gasteiger partial charge >= 0.3 is 6.03 Å². The van der Waals surface area contributed by atoms with Crippen LogP contribution in [0.25, 0.3) is 0 Å². The molecule has 0 radical (unpaired) electrons. The van der Waals surface area contributed by atoms with Crippen molar-refractivity contribution in [1.29, 1.82) is 0 Å². The van der Waals surface area contributed by atoms with Gasteiger partial charge in [0.15, 0.2) is 0 Å². The minimum Gasteiger partial charge on any atom is -0.393 e. The fraction of sp³-hybridized carbons (Fsp3) is 0.533. The molecule has 0 saturated carbocycles. The summed E-state index contributed by atoms with van der Waals surface area (Å²) in [5.74, 6) is 0.207. The second-order valence-electron chi connectivity index (χ2n) is 5.24. The van der Waals surface area contributed by atoms with Gasteiger partial charge in [-0.15, -0.1) is 0 Å². The highest BCUT2D eigenvalue weighted by atomic mass is 79.9. The van der Waals surface area contributed by atoms with E-state index < -0.39 is 0 Å². The van der Waals surface area contributed by atoms with Gasteiger partial charge in [-0.1, -0.05) is 48.0 Å². The van der Waals surface area contributed by atoms with Crippen LogP contribution in [0.5, 0.6) is 0 Å². The molecule has 2 unspecified atom stereocenters. The first-order valence-corrected chi connectivity index (χ1v) is 7.68. The van der Waals surface area contributed by atoms with Gasteiger partial charge in [0.05, 0.1) is 12.1 Å². The molecule has 2 atom stereocenters. The zero-order valence-corrected chi connectivity index (χ0v) is 13.8. The predicted octanol–water partition coefficient (Wildman–Crippen LogP) is 3.22. The number of amides is 2. The van der Waals surface area contributed by atoms with Gasteiger partial charge in [0, 0.05) is 11.0 Å². The van der Waals surface area contributed by atoms with Gasteiger partial charge < -0.3 is 15.7 Å². The highest BCUT2D eigenvalue weighted by Crippen LogP contribution is 2.22. The Balaban J connectivity index is 2.37. The molecule has 0 spiro atoms. The van der Waals surface area contributed by atoms with Crippen LogP contribution in [0.4, 0.5) is 4.79 Å². The molecule has 3 N–H and O–H groups in total. The maximum absolute atomic E-state index is 11.8. The van der Waals surface area contributed by atoms with Gasteiger partial charge in [-0.25, -0.2) is 4.79 Å². The predicted molar refractivity (Wildman–Crippen MR) is 84.6 cm³/mol. The van der Waals surface area contributed by atoms with Gasteiger partial charge in [-0.3, -0.25) is 0 Å². The molecule has 0 bridgehead atoms. The minimum absolute atomic E-state index is 0.0828. The molecule has 1 aromatic rings. The molecule has 4 nitrogen and oxygen atoms in total. The first-order chi connectivity index (χ1) is 9.41. The first-order valence-electron chi connectivity index (χ1n) is 6.88. The van der Waals surface area contributed by atoms with Crippen LogP contribution in [0.2, 0.25) is 0 Å². The molecule has 0 saturated heterocycles. The third-order valence-corrected chi connectivity index (χ3v) is 3.94. The topological polar surface area (TPSA) is 61.4 Å². The smallest absolute Gasteiger partial charge is 0.315 e. The van der Waals surface area contributed by atoms with Crippen molar-refractivity contribution in [2.45, 2.75) is 39.3 Å².